The molecule has 6 heteroatoms. The lowest BCUT2D eigenvalue weighted by atomic mass is 10.1. The van der Waals surface area contributed by atoms with Gasteiger partial charge in [0.2, 0.25) is 5.91 Å². The van der Waals surface area contributed by atoms with Crippen molar-refractivity contribution in [3.8, 4) is 0 Å². The van der Waals surface area contributed by atoms with Gasteiger partial charge in [0.15, 0.2) is 0 Å². The molecule has 5 nitrogen and oxygen atoms in total. The van der Waals surface area contributed by atoms with Gasteiger partial charge < -0.3 is 5.32 Å². The van der Waals surface area contributed by atoms with Crippen molar-refractivity contribution in [2.75, 3.05) is 10.8 Å². The molecule has 0 aliphatic heterocycles. The van der Waals surface area contributed by atoms with Crippen molar-refractivity contribution in [1.29, 1.82) is 0 Å². The molecule has 0 aliphatic rings. The Labute approximate surface area is 178 Å². The van der Waals surface area contributed by atoms with Crippen LogP contribution in [0.2, 0.25) is 0 Å². The second-order valence-corrected chi connectivity index (χ2v) is 8.87. The maximum atomic E-state index is 13.4. The number of nitrogens with zero attached hydrogens (tertiary/aromatic N) is 1. The van der Waals surface area contributed by atoms with E-state index in [-0.39, 0.29) is 23.4 Å². The number of anilines is 1. The number of benzene rings is 3. The molecule has 156 valence electrons. The number of hydrogen-bond donors (Lipinski definition) is 1. The average molecular weight is 423 g/mol. The van der Waals surface area contributed by atoms with Crippen LogP contribution in [0.5, 0.6) is 0 Å². The predicted octanol–water partition coefficient (Wildman–Crippen LogP) is 4.32. The first-order valence-electron chi connectivity index (χ1n) is 9.93. The Bertz CT molecular complexity index is 1080. The molecule has 30 heavy (non-hydrogen) atoms. The van der Waals surface area contributed by atoms with E-state index in [9.17, 15) is 13.2 Å². The first-order chi connectivity index (χ1) is 14.4. The van der Waals surface area contributed by atoms with E-state index in [4.69, 9.17) is 0 Å². The summed E-state index contributed by atoms with van der Waals surface area (Å²) < 4.78 is 28.1. The first-order valence-corrected chi connectivity index (χ1v) is 11.4. The third-order valence-corrected chi connectivity index (χ3v) is 6.71. The molecule has 0 saturated carbocycles. The van der Waals surface area contributed by atoms with Crippen LogP contribution in [-0.2, 0) is 21.2 Å². The van der Waals surface area contributed by atoms with E-state index < -0.39 is 10.0 Å². The molecule has 0 radical (unpaired) electrons. The van der Waals surface area contributed by atoms with Gasteiger partial charge in [-0.15, -0.1) is 0 Å². The van der Waals surface area contributed by atoms with E-state index in [2.05, 4.69) is 5.32 Å². The lowest BCUT2D eigenvalue weighted by Gasteiger charge is -2.27. The zero-order chi connectivity index (χ0) is 21.6. The van der Waals surface area contributed by atoms with Crippen LogP contribution in [0.4, 0.5) is 5.69 Å². The Kier molecular flexibility index (Phi) is 6.90. The van der Waals surface area contributed by atoms with Crippen molar-refractivity contribution >= 4 is 21.6 Å². The standard InChI is InChI=1S/C24H26N2O3S/c1-3-20-12-10-11-17-23(20)26(30(28,29)22-15-8-5-9-16-22)18-24(27)25-19(2)21-13-6-4-7-14-21/h4-17,19H,3,18H2,1-2H3,(H,25,27)/t19-/m0/s1. The highest BCUT2D eigenvalue weighted by Crippen LogP contribution is 2.27. The summed E-state index contributed by atoms with van der Waals surface area (Å²) in [5.74, 6) is -0.364. The van der Waals surface area contributed by atoms with E-state index in [1.807, 2.05) is 56.3 Å². The molecule has 0 spiro atoms. The highest BCUT2D eigenvalue weighted by atomic mass is 32.2. The normalized spacial score (nSPS) is 12.2. The Balaban J connectivity index is 1.93. The number of carbonyl (C=O) groups excluding carboxylic acids is 1. The van der Waals surface area contributed by atoms with Gasteiger partial charge in [-0.25, -0.2) is 8.42 Å². The first kappa shape index (κ1) is 21.6. The highest BCUT2D eigenvalue weighted by Gasteiger charge is 2.28. The fourth-order valence-corrected chi connectivity index (χ4v) is 4.79. The van der Waals surface area contributed by atoms with Crippen LogP contribution in [0.1, 0.15) is 31.0 Å². The molecule has 0 unspecified atom stereocenters. The van der Waals surface area contributed by atoms with Crippen LogP contribution < -0.4 is 9.62 Å². The van der Waals surface area contributed by atoms with Gasteiger partial charge in [-0.3, -0.25) is 9.10 Å². The van der Waals surface area contributed by atoms with Crippen molar-refractivity contribution in [3.63, 3.8) is 0 Å². The molecule has 3 aromatic rings. The van der Waals surface area contributed by atoms with Gasteiger partial charge in [-0.1, -0.05) is 73.7 Å². The predicted molar refractivity (Wildman–Crippen MR) is 120 cm³/mol. The summed E-state index contributed by atoms with van der Waals surface area (Å²) in [7, 11) is -3.91. The summed E-state index contributed by atoms with van der Waals surface area (Å²) in [4.78, 5) is 13.0. The number of para-hydroxylation sites is 1. The number of rotatable bonds is 8. The number of aryl methyl sites for hydroxylation is 1. The largest absolute Gasteiger partial charge is 0.348 e. The van der Waals surface area contributed by atoms with E-state index in [0.29, 0.717) is 12.1 Å². The van der Waals surface area contributed by atoms with Gasteiger partial charge in [0.25, 0.3) is 10.0 Å². The fraction of sp³-hybridized carbons (Fsp3) is 0.208. The molecule has 0 heterocycles. The van der Waals surface area contributed by atoms with Crippen molar-refractivity contribution in [3.05, 3.63) is 96.1 Å². The van der Waals surface area contributed by atoms with Gasteiger partial charge in [0.1, 0.15) is 6.54 Å². The third-order valence-electron chi connectivity index (χ3n) is 4.94. The lowest BCUT2D eigenvalue weighted by Crippen LogP contribution is -2.42. The number of amides is 1. The monoisotopic (exact) mass is 422 g/mol. The van der Waals surface area contributed by atoms with E-state index in [1.54, 1.807) is 42.5 Å². The number of carbonyl (C=O) groups is 1. The Morgan fingerprint density at radius 2 is 1.47 bits per heavy atom. The Hall–Kier alpha value is -3.12. The molecule has 3 aromatic carbocycles. The van der Waals surface area contributed by atoms with Gasteiger partial charge in [0.05, 0.1) is 16.6 Å². The molecular formula is C24H26N2O3S. The van der Waals surface area contributed by atoms with E-state index in [1.165, 1.54) is 4.31 Å². The average Bonchev–Trinajstić information content (AvgIpc) is 2.78. The summed E-state index contributed by atoms with van der Waals surface area (Å²) in [5.41, 5.74) is 2.34. The molecule has 0 aliphatic carbocycles. The third kappa shape index (κ3) is 4.89. The minimum absolute atomic E-state index is 0.153. The molecule has 1 N–H and O–H groups in total. The minimum atomic E-state index is -3.91. The van der Waals surface area contributed by atoms with Crippen molar-refractivity contribution in [1.82, 2.24) is 5.32 Å². The number of nitrogens with one attached hydrogen (secondary N) is 1. The highest BCUT2D eigenvalue weighted by molar-refractivity contribution is 7.92. The molecule has 0 fully saturated rings. The molecule has 1 amide bonds. The molecule has 0 saturated heterocycles. The van der Waals surface area contributed by atoms with Gasteiger partial charge in [-0.2, -0.15) is 0 Å². The minimum Gasteiger partial charge on any atom is -0.348 e. The molecule has 1 atom stereocenters. The van der Waals surface area contributed by atoms with Crippen LogP contribution in [0.25, 0.3) is 0 Å². The van der Waals surface area contributed by atoms with E-state index in [0.717, 1.165) is 11.1 Å². The second-order valence-electron chi connectivity index (χ2n) is 7.01. The quantitative estimate of drug-likeness (QED) is 0.588. The van der Waals surface area contributed by atoms with Crippen LogP contribution in [0.3, 0.4) is 0 Å². The summed E-state index contributed by atoms with van der Waals surface area (Å²) in [5, 5.41) is 2.91. The smallest absolute Gasteiger partial charge is 0.264 e. The molecule has 0 aromatic heterocycles. The molecular weight excluding hydrogens is 396 g/mol. The SMILES string of the molecule is CCc1ccccc1N(CC(=O)N[C@@H](C)c1ccccc1)S(=O)(=O)c1ccccc1. The van der Waals surface area contributed by atoms with Gasteiger partial charge >= 0.3 is 0 Å². The fourth-order valence-electron chi connectivity index (χ4n) is 3.32. The number of hydrogen-bond acceptors (Lipinski definition) is 3. The number of sulfonamides is 1. The molecule has 0 bridgehead atoms. The van der Waals surface area contributed by atoms with Crippen LogP contribution in [0.15, 0.2) is 89.8 Å². The van der Waals surface area contributed by atoms with Gasteiger partial charge in [0, 0.05) is 0 Å². The zero-order valence-corrected chi connectivity index (χ0v) is 18.0. The molecule has 3 rings (SSSR count). The summed E-state index contributed by atoms with van der Waals surface area (Å²) in [6.45, 7) is 3.54. The van der Waals surface area contributed by atoms with Crippen LogP contribution in [0, 0.1) is 0 Å². The van der Waals surface area contributed by atoms with Gasteiger partial charge in [-0.05, 0) is 42.7 Å². The van der Waals surface area contributed by atoms with E-state index >= 15 is 0 Å². The summed E-state index contributed by atoms with van der Waals surface area (Å²) in [6.07, 6.45) is 0.652. The van der Waals surface area contributed by atoms with Crippen LogP contribution >= 0.6 is 0 Å². The lowest BCUT2D eigenvalue weighted by molar-refractivity contribution is -0.120. The zero-order valence-electron chi connectivity index (χ0n) is 17.2. The Morgan fingerprint density at radius 1 is 0.900 bits per heavy atom. The van der Waals surface area contributed by atoms with Crippen molar-refractivity contribution < 1.29 is 13.2 Å². The van der Waals surface area contributed by atoms with Crippen molar-refractivity contribution in [2.45, 2.75) is 31.2 Å². The topological polar surface area (TPSA) is 66.5 Å². The second kappa shape index (κ2) is 9.59. The maximum absolute atomic E-state index is 13.4. The summed E-state index contributed by atoms with van der Waals surface area (Å²) >= 11 is 0. The summed E-state index contributed by atoms with van der Waals surface area (Å²) in [6, 6.07) is 24.8. The Morgan fingerprint density at radius 3 is 2.10 bits per heavy atom. The maximum Gasteiger partial charge on any atom is 0.264 e. The van der Waals surface area contributed by atoms with Crippen molar-refractivity contribution in [2.24, 2.45) is 0 Å². The van der Waals surface area contributed by atoms with Crippen LogP contribution in [-0.4, -0.2) is 20.9 Å².